The molecule has 2 rings (SSSR count). The third kappa shape index (κ3) is 3.20. The van der Waals surface area contributed by atoms with Crippen LogP contribution in [0.5, 0.6) is 11.5 Å². The predicted octanol–water partition coefficient (Wildman–Crippen LogP) is 1.30. The summed E-state index contributed by atoms with van der Waals surface area (Å²) in [5.74, 6) is 1.99. The zero-order chi connectivity index (χ0) is 12.3. The molecule has 1 heterocycles. The van der Waals surface area contributed by atoms with Gasteiger partial charge in [-0.25, -0.2) is 0 Å². The molecule has 0 amide bonds. The molecule has 2 unspecified atom stereocenters. The Kier molecular flexibility index (Phi) is 4.02. The molecule has 0 bridgehead atoms. The van der Waals surface area contributed by atoms with Crippen LogP contribution in [-0.4, -0.2) is 29.2 Å². The van der Waals surface area contributed by atoms with Gasteiger partial charge in [0.1, 0.15) is 13.2 Å². The minimum Gasteiger partial charge on any atom is -0.486 e. The monoisotopic (exact) mass is 255 g/mol. The van der Waals surface area contributed by atoms with Crippen molar-refractivity contribution in [1.29, 1.82) is 0 Å². The molecule has 2 N–H and O–H groups in total. The lowest BCUT2D eigenvalue weighted by Gasteiger charge is -2.18. The molecule has 0 fully saturated rings. The van der Waals surface area contributed by atoms with Gasteiger partial charge in [-0.1, -0.05) is 0 Å². The molecule has 0 aromatic heterocycles. The third-order valence-corrected chi connectivity index (χ3v) is 3.92. The summed E-state index contributed by atoms with van der Waals surface area (Å²) < 4.78 is 22.9. The Morgan fingerprint density at radius 1 is 1.35 bits per heavy atom. The first-order chi connectivity index (χ1) is 8.16. The number of nitrogens with two attached hydrogens (primary N) is 1. The molecule has 5 heteroatoms. The van der Waals surface area contributed by atoms with Crippen LogP contribution in [0.2, 0.25) is 0 Å². The van der Waals surface area contributed by atoms with Crippen molar-refractivity contribution in [2.75, 3.05) is 19.0 Å². The largest absolute Gasteiger partial charge is 0.486 e. The van der Waals surface area contributed by atoms with Crippen LogP contribution >= 0.6 is 0 Å². The van der Waals surface area contributed by atoms with Crippen molar-refractivity contribution in [3.05, 3.63) is 18.2 Å². The number of rotatable bonds is 4. The van der Waals surface area contributed by atoms with E-state index in [1.807, 2.05) is 19.1 Å². The topological polar surface area (TPSA) is 61.6 Å². The second-order valence-corrected chi connectivity index (χ2v) is 5.69. The van der Waals surface area contributed by atoms with E-state index in [0.717, 1.165) is 17.1 Å². The van der Waals surface area contributed by atoms with Gasteiger partial charge in [0.15, 0.2) is 11.5 Å². The summed E-state index contributed by atoms with van der Waals surface area (Å²) in [6, 6.07) is 5.51. The zero-order valence-corrected chi connectivity index (χ0v) is 10.7. The van der Waals surface area contributed by atoms with Gasteiger partial charge >= 0.3 is 0 Å². The van der Waals surface area contributed by atoms with Gasteiger partial charge in [-0.15, -0.1) is 0 Å². The van der Waals surface area contributed by atoms with Crippen molar-refractivity contribution in [3.63, 3.8) is 0 Å². The van der Waals surface area contributed by atoms with E-state index in [2.05, 4.69) is 0 Å². The van der Waals surface area contributed by atoms with Gasteiger partial charge in [-0.2, -0.15) is 0 Å². The van der Waals surface area contributed by atoms with Crippen LogP contribution in [0.15, 0.2) is 23.1 Å². The Bertz CT molecular complexity index is 420. The van der Waals surface area contributed by atoms with Gasteiger partial charge in [-0.3, -0.25) is 4.21 Å². The first-order valence-electron chi connectivity index (χ1n) is 5.70. The lowest BCUT2D eigenvalue weighted by atomic mass is 10.3. The Morgan fingerprint density at radius 2 is 2.06 bits per heavy atom. The first-order valence-corrected chi connectivity index (χ1v) is 7.02. The van der Waals surface area contributed by atoms with Crippen molar-refractivity contribution >= 4 is 10.8 Å². The van der Waals surface area contributed by atoms with E-state index in [1.165, 1.54) is 0 Å². The molecule has 0 radical (unpaired) electrons. The van der Waals surface area contributed by atoms with Crippen LogP contribution in [0.25, 0.3) is 0 Å². The predicted molar refractivity (Wildman–Crippen MR) is 67.0 cm³/mol. The van der Waals surface area contributed by atoms with Gasteiger partial charge < -0.3 is 15.2 Å². The maximum atomic E-state index is 12.0. The van der Waals surface area contributed by atoms with Crippen LogP contribution in [-0.2, 0) is 10.8 Å². The van der Waals surface area contributed by atoms with E-state index in [0.29, 0.717) is 24.7 Å². The fourth-order valence-corrected chi connectivity index (χ4v) is 2.86. The minimum absolute atomic E-state index is 0.0798. The average Bonchev–Trinajstić information content (AvgIpc) is 2.35. The van der Waals surface area contributed by atoms with Crippen molar-refractivity contribution in [2.24, 2.45) is 5.73 Å². The SMILES string of the molecule is CC(N)CCS(=O)c1ccc2c(c1)OCCO2. The van der Waals surface area contributed by atoms with Gasteiger partial charge in [0, 0.05) is 22.8 Å². The maximum absolute atomic E-state index is 12.0. The average molecular weight is 255 g/mol. The highest BCUT2D eigenvalue weighted by molar-refractivity contribution is 7.85. The standard InChI is InChI=1S/C12H17NO3S/c1-9(13)4-7-17(14)10-2-3-11-12(8-10)16-6-5-15-11/h2-3,8-9H,4-7,13H2,1H3. The Morgan fingerprint density at radius 3 is 2.76 bits per heavy atom. The van der Waals surface area contributed by atoms with E-state index in [-0.39, 0.29) is 6.04 Å². The maximum Gasteiger partial charge on any atom is 0.162 e. The summed E-state index contributed by atoms with van der Waals surface area (Å²) in [5.41, 5.74) is 5.65. The number of hydrogen-bond acceptors (Lipinski definition) is 4. The fourth-order valence-electron chi connectivity index (χ4n) is 1.58. The van der Waals surface area contributed by atoms with E-state index < -0.39 is 10.8 Å². The molecule has 17 heavy (non-hydrogen) atoms. The van der Waals surface area contributed by atoms with Crippen LogP contribution < -0.4 is 15.2 Å². The Hall–Kier alpha value is -1.07. The highest BCUT2D eigenvalue weighted by Crippen LogP contribution is 2.31. The lowest BCUT2D eigenvalue weighted by molar-refractivity contribution is 0.171. The molecular formula is C12H17NO3S. The third-order valence-electron chi connectivity index (χ3n) is 2.54. The molecular weight excluding hydrogens is 238 g/mol. The van der Waals surface area contributed by atoms with E-state index >= 15 is 0 Å². The molecule has 94 valence electrons. The van der Waals surface area contributed by atoms with Gasteiger partial charge in [-0.05, 0) is 25.5 Å². The Labute approximate surface area is 104 Å². The first kappa shape index (κ1) is 12.4. The zero-order valence-electron chi connectivity index (χ0n) is 9.85. The molecule has 0 spiro atoms. The summed E-state index contributed by atoms with van der Waals surface area (Å²) in [6.45, 7) is 3.03. The molecule has 0 aliphatic carbocycles. The number of benzene rings is 1. The van der Waals surface area contributed by atoms with Crippen LogP contribution in [0.4, 0.5) is 0 Å². The van der Waals surface area contributed by atoms with Crippen molar-refractivity contribution in [2.45, 2.75) is 24.3 Å². The van der Waals surface area contributed by atoms with Crippen LogP contribution in [0.1, 0.15) is 13.3 Å². The highest BCUT2D eigenvalue weighted by Gasteiger charge is 2.14. The summed E-state index contributed by atoms with van der Waals surface area (Å²) in [4.78, 5) is 0.773. The van der Waals surface area contributed by atoms with Crippen molar-refractivity contribution < 1.29 is 13.7 Å². The Balaban J connectivity index is 2.08. The quantitative estimate of drug-likeness (QED) is 0.881. The minimum atomic E-state index is -1.02. The summed E-state index contributed by atoms with van der Waals surface area (Å²) >= 11 is 0. The highest BCUT2D eigenvalue weighted by atomic mass is 32.2. The molecule has 1 aromatic carbocycles. The van der Waals surface area contributed by atoms with Gasteiger partial charge in [0.2, 0.25) is 0 Å². The number of hydrogen-bond donors (Lipinski definition) is 1. The molecule has 0 saturated heterocycles. The van der Waals surface area contributed by atoms with Gasteiger partial charge in [0.05, 0.1) is 10.8 Å². The lowest BCUT2D eigenvalue weighted by Crippen LogP contribution is -2.18. The van der Waals surface area contributed by atoms with Crippen LogP contribution in [0, 0.1) is 0 Å². The van der Waals surface area contributed by atoms with Crippen molar-refractivity contribution in [1.82, 2.24) is 0 Å². The molecule has 0 saturated carbocycles. The normalized spacial score (nSPS) is 17.5. The molecule has 1 aliphatic rings. The van der Waals surface area contributed by atoms with E-state index in [9.17, 15) is 4.21 Å². The smallest absolute Gasteiger partial charge is 0.162 e. The second kappa shape index (κ2) is 5.51. The summed E-state index contributed by atoms with van der Waals surface area (Å²) in [7, 11) is -1.02. The van der Waals surface area contributed by atoms with Crippen LogP contribution in [0.3, 0.4) is 0 Å². The summed E-state index contributed by atoms with van der Waals surface area (Å²) in [6.07, 6.45) is 0.751. The fraction of sp³-hybridized carbons (Fsp3) is 0.500. The molecule has 4 nitrogen and oxygen atoms in total. The molecule has 1 aliphatic heterocycles. The molecule has 2 atom stereocenters. The molecule has 1 aromatic rings. The van der Waals surface area contributed by atoms with Gasteiger partial charge in [0.25, 0.3) is 0 Å². The number of fused-ring (bicyclic) bond motifs is 1. The number of ether oxygens (including phenoxy) is 2. The second-order valence-electron chi connectivity index (χ2n) is 4.12. The van der Waals surface area contributed by atoms with E-state index in [4.69, 9.17) is 15.2 Å². The summed E-state index contributed by atoms with van der Waals surface area (Å²) in [5, 5.41) is 0. The van der Waals surface area contributed by atoms with Crippen molar-refractivity contribution in [3.8, 4) is 11.5 Å². The van der Waals surface area contributed by atoms with E-state index in [1.54, 1.807) is 6.07 Å².